The molecule has 2 rings (SSSR count). The molecule has 2 unspecified atom stereocenters. The van der Waals surface area contributed by atoms with Gasteiger partial charge in [0.2, 0.25) is 0 Å². The molecular formula is C17H20ClNO. The van der Waals surface area contributed by atoms with Crippen molar-refractivity contribution < 1.29 is 5.11 Å². The number of aliphatic hydroxyl groups is 1. The van der Waals surface area contributed by atoms with Crippen LogP contribution in [0.15, 0.2) is 48.5 Å². The first-order valence-electron chi connectivity index (χ1n) is 6.88. The van der Waals surface area contributed by atoms with Gasteiger partial charge in [-0.25, -0.2) is 0 Å². The van der Waals surface area contributed by atoms with Crippen LogP contribution >= 0.6 is 11.6 Å². The molecule has 0 saturated carbocycles. The Labute approximate surface area is 125 Å². The molecule has 0 aromatic heterocycles. The third-order valence-corrected chi connectivity index (χ3v) is 3.88. The van der Waals surface area contributed by atoms with Crippen molar-refractivity contribution in [2.75, 3.05) is 6.54 Å². The summed E-state index contributed by atoms with van der Waals surface area (Å²) in [4.78, 5) is 0. The smallest absolute Gasteiger partial charge is 0.0870 e. The quantitative estimate of drug-likeness (QED) is 0.882. The predicted octanol–water partition coefficient (Wildman–Crippen LogP) is 3.68. The first-order valence-corrected chi connectivity index (χ1v) is 7.26. The lowest BCUT2D eigenvalue weighted by Gasteiger charge is -2.22. The summed E-state index contributed by atoms with van der Waals surface area (Å²) < 4.78 is 0. The summed E-state index contributed by atoms with van der Waals surface area (Å²) in [6, 6.07) is 15.5. The SMILES string of the molecule is CCc1ccc(C(O)C(CN)c2cccc(Cl)c2)cc1. The van der Waals surface area contributed by atoms with E-state index in [1.54, 1.807) is 0 Å². The number of hydrogen-bond acceptors (Lipinski definition) is 2. The van der Waals surface area contributed by atoms with Gasteiger partial charge in [-0.1, -0.05) is 54.9 Å². The van der Waals surface area contributed by atoms with Gasteiger partial charge >= 0.3 is 0 Å². The highest BCUT2D eigenvalue weighted by Gasteiger charge is 2.21. The third-order valence-electron chi connectivity index (χ3n) is 3.64. The molecule has 0 aliphatic heterocycles. The molecule has 0 heterocycles. The lowest BCUT2D eigenvalue weighted by atomic mass is 9.89. The van der Waals surface area contributed by atoms with Crippen molar-refractivity contribution in [1.29, 1.82) is 0 Å². The standard InChI is InChI=1S/C17H20ClNO/c1-2-12-6-8-13(9-7-12)17(20)16(11-19)14-4-3-5-15(18)10-14/h3-10,16-17,20H,2,11,19H2,1H3. The Morgan fingerprint density at radius 1 is 1.10 bits per heavy atom. The van der Waals surface area contributed by atoms with Gasteiger partial charge in [0, 0.05) is 17.5 Å². The molecule has 2 atom stereocenters. The molecule has 3 N–H and O–H groups in total. The zero-order valence-corrected chi connectivity index (χ0v) is 12.3. The van der Waals surface area contributed by atoms with E-state index in [1.165, 1.54) is 5.56 Å². The summed E-state index contributed by atoms with van der Waals surface area (Å²) in [6.45, 7) is 2.48. The molecule has 0 spiro atoms. The van der Waals surface area contributed by atoms with Crippen LogP contribution in [0.25, 0.3) is 0 Å². The van der Waals surface area contributed by atoms with Gasteiger partial charge in [-0.2, -0.15) is 0 Å². The summed E-state index contributed by atoms with van der Waals surface area (Å²) in [5.41, 5.74) is 8.96. The number of hydrogen-bond donors (Lipinski definition) is 2. The van der Waals surface area contributed by atoms with E-state index < -0.39 is 6.10 Å². The number of halogens is 1. The van der Waals surface area contributed by atoms with Crippen molar-refractivity contribution in [2.45, 2.75) is 25.4 Å². The van der Waals surface area contributed by atoms with E-state index in [0.717, 1.165) is 17.5 Å². The maximum atomic E-state index is 10.6. The van der Waals surface area contributed by atoms with E-state index in [9.17, 15) is 5.11 Å². The number of rotatable bonds is 5. The summed E-state index contributed by atoms with van der Waals surface area (Å²) in [7, 11) is 0. The van der Waals surface area contributed by atoms with Gasteiger partial charge in [-0.15, -0.1) is 0 Å². The molecule has 3 heteroatoms. The Hall–Kier alpha value is -1.35. The van der Waals surface area contributed by atoms with Gasteiger partial charge < -0.3 is 10.8 Å². The fraction of sp³-hybridized carbons (Fsp3) is 0.294. The Bertz CT molecular complexity index is 553. The Balaban J connectivity index is 2.26. The predicted molar refractivity (Wildman–Crippen MR) is 84.0 cm³/mol. The molecule has 2 nitrogen and oxygen atoms in total. The van der Waals surface area contributed by atoms with Crippen molar-refractivity contribution in [3.8, 4) is 0 Å². The first-order chi connectivity index (χ1) is 9.65. The van der Waals surface area contributed by atoms with Crippen LogP contribution in [0.4, 0.5) is 0 Å². The maximum absolute atomic E-state index is 10.6. The fourth-order valence-electron chi connectivity index (χ4n) is 2.37. The topological polar surface area (TPSA) is 46.2 Å². The van der Waals surface area contributed by atoms with Crippen LogP contribution in [0.1, 0.15) is 35.6 Å². The zero-order valence-electron chi connectivity index (χ0n) is 11.6. The van der Waals surface area contributed by atoms with E-state index in [-0.39, 0.29) is 5.92 Å². The molecule has 2 aromatic carbocycles. The molecule has 0 bridgehead atoms. The second-order valence-corrected chi connectivity index (χ2v) is 5.37. The fourth-order valence-corrected chi connectivity index (χ4v) is 2.57. The number of nitrogens with two attached hydrogens (primary N) is 1. The van der Waals surface area contributed by atoms with Crippen LogP contribution in [-0.2, 0) is 6.42 Å². The van der Waals surface area contributed by atoms with Crippen LogP contribution in [0.5, 0.6) is 0 Å². The summed E-state index contributed by atoms with van der Waals surface area (Å²) in [5, 5.41) is 11.2. The molecule has 0 aliphatic rings. The van der Waals surface area contributed by atoms with E-state index in [2.05, 4.69) is 6.92 Å². The highest BCUT2D eigenvalue weighted by Crippen LogP contribution is 2.31. The lowest BCUT2D eigenvalue weighted by Crippen LogP contribution is -2.20. The molecular weight excluding hydrogens is 270 g/mol. The molecule has 0 amide bonds. The van der Waals surface area contributed by atoms with Gasteiger partial charge in [0.05, 0.1) is 6.10 Å². The molecule has 0 saturated heterocycles. The van der Waals surface area contributed by atoms with Gasteiger partial charge in [-0.3, -0.25) is 0 Å². The molecule has 106 valence electrons. The number of aryl methyl sites for hydroxylation is 1. The second-order valence-electron chi connectivity index (χ2n) is 4.94. The summed E-state index contributed by atoms with van der Waals surface area (Å²) in [5.74, 6) is -0.152. The summed E-state index contributed by atoms with van der Waals surface area (Å²) >= 11 is 6.01. The van der Waals surface area contributed by atoms with Crippen molar-refractivity contribution >= 4 is 11.6 Å². The molecule has 0 fully saturated rings. The minimum absolute atomic E-state index is 0.152. The monoisotopic (exact) mass is 289 g/mol. The normalized spacial score (nSPS) is 14.0. The Morgan fingerprint density at radius 2 is 1.80 bits per heavy atom. The van der Waals surface area contributed by atoms with Crippen LogP contribution in [0.2, 0.25) is 5.02 Å². The van der Waals surface area contributed by atoms with Crippen LogP contribution in [-0.4, -0.2) is 11.7 Å². The molecule has 0 aliphatic carbocycles. The molecule has 2 aromatic rings. The lowest BCUT2D eigenvalue weighted by molar-refractivity contribution is 0.147. The highest BCUT2D eigenvalue weighted by atomic mass is 35.5. The van der Waals surface area contributed by atoms with E-state index in [0.29, 0.717) is 11.6 Å². The van der Waals surface area contributed by atoms with E-state index in [1.807, 2.05) is 48.5 Å². The minimum atomic E-state index is -0.621. The van der Waals surface area contributed by atoms with Crippen LogP contribution in [0.3, 0.4) is 0 Å². The Kier molecular flexibility index (Phi) is 5.18. The van der Waals surface area contributed by atoms with Gasteiger partial charge in [-0.05, 0) is 35.2 Å². The molecule has 0 radical (unpaired) electrons. The second kappa shape index (κ2) is 6.89. The minimum Gasteiger partial charge on any atom is -0.388 e. The average molecular weight is 290 g/mol. The molecule has 20 heavy (non-hydrogen) atoms. The van der Waals surface area contributed by atoms with E-state index >= 15 is 0 Å². The highest BCUT2D eigenvalue weighted by molar-refractivity contribution is 6.30. The first kappa shape index (κ1) is 15.0. The summed E-state index contributed by atoms with van der Waals surface area (Å²) in [6.07, 6.45) is 0.370. The van der Waals surface area contributed by atoms with E-state index in [4.69, 9.17) is 17.3 Å². The van der Waals surface area contributed by atoms with Crippen molar-refractivity contribution in [1.82, 2.24) is 0 Å². The van der Waals surface area contributed by atoms with Crippen molar-refractivity contribution in [3.63, 3.8) is 0 Å². The number of benzene rings is 2. The van der Waals surface area contributed by atoms with Crippen molar-refractivity contribution in [2.24, 2.45) is 5.73 Å². The zero-order chi connectivity index (χ0) is 14.5. The number of aliphatic hydroxyl groups excluding tert-OH is 1. The van der Waals surface area contributed by atoms with Gasteiger partial charge in [0.1, 0.15) is 0 Å². The van der Waals surface area contributed by atoms with Crippen LogP contribution < -0.4 is 5.73 Å². The maximum Gasteiger partial charge on any atom is 0.0870 e. The van der Waals surface area contributed by atoms with Crippen molar-refractivity contribution in [3.05, 3.63) is 70.2 Å². The van der Waals surface area contributed by atoms with Gasteiger partial charge in [0.25, 0.3) is 0 Å². The van der Waals surface area contributed by atoms with Crippen LogP contribution in [0, 0.1) is 0 Å². The third kappa shape index (κ3) is 3.40. The Morgan fingerprint density at radius 3 is 2.35 bits per heavy atom. The average Bonchev–Trinajstić information content (AvgIpc) is 2.48. The largest absolute Gasteiger partial charge is 0.388 e. The van der Waals surface area contributed by atoms with Gasteiger partial charge in [0.15, 0.2) is 0 Å².